The number of fused-ring (bicyclic) bond motifs is 5. The predicted octanol–water partition coefficient (Wildman–Crippen LogP) is 3.87. The van der Waals surface area contributed by atoms with E-state index >= 15 is 0 Å². The lowest BCUT2D eigenvalue weighted by molar-refractivity contribution is -0.893. The third kappa shape index (κ3) is 9.88. The Morgan fingerprint density at radius 1 is 0.961 bits per heavy atom. The molecule has 4 aliphatic rings. The van der Waals surface area contributed by atoms with Gasteiger partial charge in [0.1, 0.15) is 18.3 Å². The molecule has 4 rings (SSSR count). The molecule has 51 heavy (non-hydrogen) atoms. The molecule has 11 atom stereocenters. The Labute approximate surface area is 299 Å². The number of nitrogens with one attached hydrogen (secondary N) is 1. The molecule has 4 saturated carbocycles. The third-order valence-electron chi connectivity index (χ3n) is 13.1. The molecular formula is C32H56N5O13S+. The summed E-state index contributed by atoms with van der Waals surface area (Å²) in [5, 5.41) is 35.4. The van der Waals surface area contributed by atoms with Crippen LogP contribution in [0.1, 0.15) is 91.4 Å². The number of hydrogen-bond donors (Lipinski definition) is 2. The second-order valence-electron chi connectivity index (χ2n) is 16.8. The molecule has 19 heteroatoms. The minimum Gasteiger partial charge on any atom is -0.356 e. The summed E-state index contributed by atoms with van der Waals surface area (Å²) in [5.41, 5.74) is -1.08. The van der Waals surface area contributed by atoms with Gasteiger partial charge in [-0.2, -0.15) is 8.42 Å². The van der Waals surface area contributed by atoms with Gasteiger partial charge in [0, 0.05) is 30.7 Å². The fourth-order valence-electron chi connectivity index (χ4n) is 11.1. The molecule has 1 amide bonds. The van der Waals surface area contributed by atoms with Crippen molar-refractivity contribution < 1.29 is 52.0 Å². The van der Waals surface area contributed by atoms with E-state index in [-0.39, 0.29) is 59.0 Å². The molecule has 11 unspecified atom stereocenters. The lowest BCUT2D eigenvalue weighted by atomic mass is 9.43. The number of rotatable bonds is 18. The van der Waals surface area contributed by atoms with Crippen molar-refractivity contribution in [2.24, 2.45) is 46.3 Å². The molecule has 0 aromatic heterocycles. The topological polar surface area (TPSA) is 241 Å². The van der Waals surface area contributed by atoms with Gasteiger partial charge >= 0.3 is 0 Å². The molecule has 0 saturated heterocycles. The average Bonchev–Trinajstić information content (AvgIpc) is 3.31. The first-order valence-electron chi connectivity index (χ1n) is 18.1. The van der Waals surface area contributed by atoms with E-state index in [1.54, 1.807) is 6.92 Å². The third-order valence-corrected chi connectivity index (χ3v) is 14.1. The van der Waals surface area contributed by atoms with Crippen LogP contribution in [-0.4, -0.2) is 96.4 Å². The lowest BCUT2D eigenvalue weighted by Gasteiger charge is -2.63. The van der Waals surface area contributed by atoms with Crippen LogP contribution in [0.25, 0.3) is 0 Å². The van der Waals surface area contributed by atoms with Crippen molar-refractivity contribution in [2.75, 3.05) is 39.5 Å². The summed E-state index contributed by atoms with van der Waals surface area (Å²) in [6.45, 7) is 7.57. The molecule has 0 aromatic carbocycles. The van der Waals surface area contributed by atoms with Crippen molar-refractivity contribution in [3.63, 3.8) is 0 Å². The maximum absolute atomic E-state index is 12.8. The first-order valence-corrected chi connectivity index (χ1v) is 19.7. The predicted molar refractivity (Wildman–Crippen MR) is 180 cm³/mol. The lowest BCUT2D eigenvalue weighted by Crippen LogP contribution is -2.63. The van der Waals surface area contributed by atoms with Crippen molar-refractivity contribution in [1.29, 1.82) is 0 Å². The molecule has 0 bridgehead atoms. The Morgan fingerprint density at radius 2 is 1.63 bits per heavy atom. The van der Waals surface area contributed by atoms with Crippen molar-refractivity contribution in [1.82, 2.24) is 5.32 Å². The zero-order valence-electron chi connectivity index (χ0n) is 30.3. The first kappa shape index (κ1) is 40.7. The highest BCUT2D eigenvalue weighted by Crippen LogP contribution is 2.69. The molecule has 0 radical (unpaired) electrons. The molecule has 4 aliphatic carbocycles. The van der Waals surface area contributed by atoms with E-state index in [1.807, 2.05) is 21.0 Å². The normalized spacial score (nSPS) is 35.3. The van der Waals surface area contributed by atoms with E-state index in [9.17, 15) is 43.6 Å². The first-order chi connectivity index (χ1) is 23.6. The molecular weight excluding hydrogens is 694 g/mol. The van der Waals surface area contributed by atoms with Gasteiger partial charge in [-0.3, -0.25) is 9.35 Å². The Hall–Kier alpha value is -3.06. The molecule has 0 aromatic rings. The maximum atomic E-state index is 12.8. The second kappa shape index (κ2) is 15.9. The molecule has 0 spiro atoms. The molecule has 2 N–H and O–H groups in total. The summed E-state index contributed by atoms with van der Waals surface area (Å²) in [7, 11) is -0.105. The minimum atomic E-state index is -4.05. The Kier molecular flexibility index (Phi) is 12.7. The minimum absolute atomic E-state index is 0.0185. The Morgan fingerprint density at radius 3 is 2.25 bits per heavy atom. The second-order valence-corrected chi connectivity index (χ2v) is 18.3. The summed E-state index contributed by atoms with van der Waals surface area (Å²) in [6, 6.07) is 0. The molecule has 4 fully saturated rings. The molecule has 0 aliphatic heterocycles. The van der Waals surface area contributed by atoms with Crippen LogP contribution in [-0.2, 0) is 29.4 Å². The highest BCUT2D eigenvalue weighted by atomic mass is 32.2. The summed E-state index contributed by atoms with van der Waals surface area (Å²) >= 11 is 0. The summed E-state index contributed by atoms with van der Waals surface area (Å²) < 4.78 is 32.0. The van der Waals surface area contributed by atoms with Crippen LogP contribution in [0.5, 0.6) is 0 Å². The van der Waals surface area contributed by atoms with Crippen LogP contribution in [0.3, 0.4) is 0 Å². The number of hydrogen-bond acceptors (Lipinski definition) is 12. The molecule has 18 nitrogen and oxygen atoms in total. The number of amides is 1. The van der Waals surface area contributed by atoms with Gasteiger partial charge < -0.3 is 24.3 Å². The summed E-state index contributed by atoms with van der Waals surface area (Å²) in [5.74, 6) is -1.43. The van der Waals surface area contributed by atoms with Crippen molar-refractivity contribution in [3.05, 3.63) is 30.3 Å². The molecule has 0 heterocycles. The number of carbonyl (C=O) groups is 1. The van der Waals surface area contributed by atoms with Gasteiger partial charge in [0.2, 0.25) is 5.91 Å². The number of carbonyl (C=O) groups excluding carboxylic acids is 1. The summed E-state index contributed by atoms with van der Waals surface area (Å²) in [6.07, 6.45) is 3.43. The van der Waals surface area contributed by atoms with Crippen LogP contribution in [0.2, 0.25) is 0 Å². The van der Waals surface area contributed by atoms with Crippen LogP contribution in [0, 0.1) is 76.7 Å². The van der Waals surface area contributed by atoms with Crippen LogP contribution in [0.15, 0.2) is 0 Å². The van der Waals surface area contributed by atoms with E-state index < -0.39 is 49.1 Å². The highest BCUT2D eigenvalue weighted by Gasteiger charge is 2.67. The van der Waals surface area contributed by atoms with Gasteiger partial charge in [0.05, 0.1) is 32.9 Å². The standard InChI is InChI=1S/C32H55N5O13S/c1-21(20-51(45,46)47)19-37(4,5)15-7-14-33-29(38)9-6-8-22-10-11-25-30-26(18-28(32(22,25)3)50-36(43)44)31(2)13-12-24(48-34(39)40)16-23(31)17-27(30)49-35(41)42/h21-28,30H,6-20H2,1-5H3,(H-,33,38,45,46,47)/p+1. The SMILES string of the molecule is CC(C[N+](C)(C)CCCNC(=O)CCCC1CCC2C3C(O[N+](=O)[O-])CC4CC(O[N+](=O)[O-])CCC4(C)C3CC(O[N+](=O)[O-])C12C)CS(=O)(=O)O. The van der Waals surface area contributed by atoms with Gasteiger partial charge in [-0.15, -0.1) is 30.3 Å². The number of quaternary nitrogens is 1. The quantitative estimate of drug-likeness (QED) is 0.0666. The Bertz CT molecular complexity index is 1400. The molecule has 292 valence electrons. The monoisotopic (exact) mass is 750 g/mol. The van der Waals surface area contributed by atoms with Crippen LogP contribution < -0.4 is 5.32 Å². The number of nitrogens with zero attached hydrogens (tertiary/aromatic N) is 4. The fourth-order valence-corrected chi connectivity index (χ4v) is 11.9. The summed E-state index contributed by atoms with van der Waals surface area (Å²) in [4.78, 5) is 63.3. The van der Waals surface area contributed by atoms with Crippen molar-refractivity contribution in [3.8, 4) is 0 Å². The van der Waals surface area contributed by atoms with Gasteiger partial charge in [-0.25, -0.2) is 0 Å². The Balaban J connectivity index is 1.39. The zero-order valence-corrected chi connectivity index (χ0v) is 31.2. The van der Waals surface area contributed by atoms with Crippen molar-refractivity contribution in [2.45, 2.75) is 110 Å². The zero-order chi connectivity index (χ0) is 37.9. The van der Waals surface area contributed by atoms with E-state index in [4.69, 9.17) is 19.1 Å². The van der Waals surface area contributed by atoms with E-state index in [0.717, 1.165) is 6.42 Å². The van der Waals surface area contributed by atoms with Gasteiger partial charge in [0.25, 0.3) is 25.4 Å². The van der Waals surface area contributed by atoms with Gasteiger partial charge in [0.15, 0.2) is 0 Å². The van der Waals surface area contributed by atoms with Crippen LogP contribution in [0.4, 0.5) is 0 Å². The maximum Gasteiger partial charge on any atom is 0.294 e. The van der Waals surface area contributed by atoms with Gasteiger partial charge in [-0.05, 0) is 92.8 Å². The average molecular weight is 751 g/mol. The van der Waals surface area contributed by atoms with Crippen molar-refractivity contribution >= 4 is 16.0 Å². The van der Waals surface area contributed by atoms with E-state index in [1.165, 1.54) is 0 Å². The van der Waals surface area contributed by atoms with E-state index in [0.29, 0.717) is 81.9 Å². The smallest absolute Gasteiger partial charge is 0.294 e. The van der Waals surface area contributed by atoms with Crippen LogP contribution >= 0.6 is 0 Å². The van der Waals surface area contributed by atoms with Gasteiger partial charge in [-0.1, -0.05) is 20.8 Å². The highest BCUT2D eigenvalue weighted by molar-refractivity contribution is 7.85. The fraction of sp³-hybridized carbons (Fsp3) is 0.969. The largest absolute Gasteiger partial charge is 0.356 e. The van der Waals surface area contributed by atoms with E-state index in [2.05, 4.69) is 12.2 Å².